The predicted molar refractivity (Wildman–Crippen MR) is 99.7 cm³/mol. The van der Waals surface area contributed by atoms with Crippen molar-refractivity contribution < 1.29 is 17.7 Å². The molecule has 1 aromatic heterocycles. The quantitative estimate of drug-likeness (QED) is 0.775. The number of nitrogens with one attached hydrogen (secondary N) is 1. The maximum Gasteiger partial charge on any atom is 0.273 e. The minimum atomic E-state index is -3.27. The average Bonchev–Trinajstić information content (AvgIpc) is 3.39. The van der Waals surface area contributed by atoms with Crippen LogP contribution in [0.5, 0.6) is 0 Å². The number of rotatable bonds is 5. The van der Waals surface area contributed by atoms with E-state index in [4.69, 9.17) is 10.3 Å². The molecule has 1 aliphatic heterocycles. The van der Waals surface area contributed by atoms with Crippen molar-refractivity contribution in [3.05, 3.63) is 17.5 Å². The summed E-state index contributed by atoms with van der Waals surface area (Å²) >= 11 is 0. The Hall–Kier alpha value is -1.45. The molecule has 1 saturated heterocycles. The van der Waals surface area contributed by atoms with Gasteiger partial charge in [0.1, 0.15) is 5.76 Å². The maximum absolute atomic E-state index is 12.8. The van der Waals surface area contributed by atoms with E-state index in [1.807, 2.05) is 0 Å². The third kappa shape index (κ3) is 4.20. The third-order valence-corrected chi connectivity index (χ3v) is 8.43. The first-order valence-corrected chi connectivity index (χ1v) is 11.5. The van der Waals surface area contributed by atoms with Crippen LogP contribution in [0.1, 0.15) is 73.5 Å². The number of amides is 1. The molecule has 4 rings (SSSR count). The van der Waals surface area contributed by atoms with Gasteiger partial charge in [-0.05, 0) is 51.4 Å². The molecule has 0 aromatic carbocycles. The summed E-state index contributed by atoms with van der Waals surface area (Å²) in [5.41, 5.74) is 6.20. The Morgan fingerprint density at radius 2 is 1.78 bits per heavy atom. The molecular formula is C18H28N4O4S. The van der Waals surface area contributed by atoms with Crippen molar-refractivity contribution in [1.82, 2.24) is 14.8 Å². The molecule has 2 aliphatic carbocycles. The van der Waals surface area contributed by atoms with Crippen LogP contribution in [0.3, 0.4) is 0 Å². The monoisotopic (exact) mass is 396 g/mol. The summed E-state index contributed by atoms with van der Waals surface area (Å²) in [6.07, 6.45) is 6.26. The lowest BCUT2D eigenvalue weighted by atomic mass is 9.96. The van der Waals surface area contributed by atoms with Crippen LogP contribution in [0, 0.1) is 0 Å². The van der Waals surface area contributed by atoms with Crippen LogP contribution < -0.4 is 11.1 Å². The van der Waals surface area contributed by atoms with Crippen molar-refractivity contribution in [2.75, 3.05) is 13.1 Å². The fraction of sp³-hybridized carbons (Fsp3) is 0.778. The number of aromatic nitrogens is 1. The van der Waals surface area contributed by atoms with Gasteiger partial charge < -0.3 is 15.6 Å². The van der Waals surface area contributed by atoms with Gasteiger partial charge in [-0.1, -0.05) is 5.16 Å². The van der Waals surface area contributed by atoms with Gasteiger partial charge in [-0.25, -0.2) is 12.7 Å². The van der Waals surface area contributed by atoms with E-state index < -0.39 is 10.0 Å². The Morgan fingerprint density at radius 3 is 2.41 bits per heavy atom. The summed E-state index contributed by atoms with van der Waals surface area (Å²) in [5, 5.41) is 6.52. The average molecular weight is 397 g/mol. The Bertz CT molecular complexity index is 773. The van der Waals surface area contributed by atoms with Crippen molar-refractivity contribution in [3.63, 3.8) is 0 Å². The van der Waals surface area contributed by atoms with Crippen molar-refractivity contribution in [1.29, 1.82) is 0 Å². The molecule has 0 bridgehead atoms. The molecule has 1 amide bonds. The standard InChI is InChI=1S/C18H28N4O4S/c19-13-3-5-15(6-4-13)27(24,25)22-9-7-14(8-10-22)20-18(23)16-11-17(26-21-16)12-1-2-12/h11-15H,1-10,19H2,(H,20,23). The lowest BCUT2D eigenvalue weighted by Gasteiger charge is -2.35. The van der Waals surface area contributed by atoms with Crippen molar-refractivity contribution in [2.45, 2.75) is 74.6 Å². The van der Waals surface area contributed by atoms with E-state index in [9.17, 15) is 13.2 Å². The zero-order chi connectivity index (χ0) is 19.0. The molecule has 2 saturated carbocycles. The molecular weight excluding hydrogens is 368 g/mol. The van der Waals surface area contributed by atoms with Gasteiger partial charge >= 0.3 is 0 Å². The highest BCUT2D eigenvalue weighted by Crippen LogP contribution is 2.40. The molecule has 0 spiro atoms. The highest BCUT2D eigenvalue weighted by molar-refractivity contribution is 7.89. The van der Waals surface area contributed by atoms with E-state index in [-0.39, 0.29) is 23.2 Å². The van der Waals surface area contributed by atoms with Gasteiger partial charge in [0.05, 0.1) is 5.25 Å². The summed E-state index contributed by atoms with van der Waals surface area (Å²) < 4.78 is 32.5. The van der Waals surface area contributed by atoms with Crippen LogP contribution in [0.4, 0.5) is 0 Å². The van der Waals surface area contributed by atoms with Gasteiger partial charge in [0.25, 0.3) is 5.91 Å². The van der Waals surface area contributed by atoms with E-state index in [1.165, 1.54) is 0 Å². The van der Waals surface area contributed by atoms with Gasteiger partial charge in [-0.2, -0.15) is 0 Å². The first kappa shape index (κ1) is 18.9. The van der Waals surface area contributed by atoms with Crippen LogP contribution in [-0.2, 0) is 10.0 Å². The second-order valence-electron chi connectivity index (χ2n) is 8.12. The number of carbonyl (C=O) groups is 1. The first-order valence-electron chi connectivity index (χ1n) is 9.95. The molecule has 0 atom stereocenters. The van der Waals surface area contributed by atoms with E-state index in [0.29, 0.717) is 50.4 Å². The fourth-order valence-electron chi connectivity index (χ4n) is 4.07. The Kier molecular flexibility index (Phi) is 5.26. The molecule has 3 N–H and O–H groups in total. The normalized spacial score (nSPS) is 28.2. The summed E-state index contributed by atoms with van der Waals surface area (Å²) in [5.74, 6) is 0.961. The van der Waals surface area contributed by atoms with Gasteiger partial charge in [0.2, 0.25) is 10.0 Å². The number of hydrogen-bond acceptors (Lipinski definition) is 6. The molecule has 150 valence electrons. The van der Waals surface area contributed by atoms with Gasteiger partial charge in [-0.15, -0.1) is 0 Å². The Balaban J connectivity index is 1.28. The zero-order valence-electron chi connectivity index (χ0n) is 15.5. The second kappa shape index (κ2) is 7.52. The van der Waals surface area contributed by atoms with Crippen LogP contribution in [0.25, 0.3) is 0 Å². The highest BCUT2D eigenvalue weighted by atomic mass is 32.2. The number of nitrogens with zero attached hydrogens (tertiary/aromatic N) is 2. The van der Waals surface area contributed by atoms with E-state index in [2.05, 4.69) is 10.5 Å². The highest BCUT2D eigenvalue weighted by Gasteiger charge is 2.37. The summed E-state index contributed by atoms with van der Waals surface area (Å²) in [7, 11) is -3.27. The smallest absolute Gasteiger partial charge is 0.273 e. The minimum Gasteiger partial charge on any atom is -0.360 e. The molecule has 9 heteroatoms. The predicted octanol–water partition coefficient (Wildman–Crippen LogP) is 1.35. The Labute approximate surface area is 159 Å². The number of sulfonamides is 1. The summed E-state index contributed by atoms with van der Waals surface area (Å²) in [6, 6.07) is 1.82. The lowest BCUT2D eigenvalue weighted by Crippen LogP contribution is -2.49. The first-order chi connectivity index (χ1) is 12.9. The van der Waals surface area contributed by atoms with Crippen LogP contribution in [0.15, 0.2) is 10.6 Å². The molecule has 0 radical (unpaired) electrons. The largest absolute Gasteiger partial charge is 0.360 e. The van der Waals surface area contributed by atoms with Gasteiger partial charge in [-0.3, -0.25) is 4.79 Å². The molecule has 3 fully saturated rings. The Morgan fingerprint density at radius 1 is 1.11 bits per heavy atom. The minimum absolute atomic E-state index is 0.0372. The third-order valence-electron chi connectivity index (χ3n) is 6.03. The maximum atomic E-state index is 12.8. The van der Waals surface area contributed by atoms with Crippen molar-refractivity contribution in [2.24, 2.45) is 5.73 Å². The molecule has 3 aliphatic rings. The van der Waals surface area contributed by atoms with E-state index >= 15 is 0 Å². The van der Waals surface area contributed by atoms with Gasteiger partial charge in [0, 0.05) is 37.2 Å². The van der Waals surface area contributed by atoms with Gasteiger partial charge in [0.15, 0.2) is 5.69 Å². The molecule has 1 aromatic rings. The van der Waals surface area contributed by atoms with E-state index in [0.717, 1.165) is 31.4 Å². The van der Waals surface area contributed by atoms with Crippen molar-refractivity contribution >= 4 is 15.9 Å². The summed E-state index contributed by atoms with van der Waals surface area (Å²) in [4.78, 5) is 12.3. The van der Waals surface area contributed by atoms with Crippen LogP contribution >= 0.6 is 0 Å². The lowest BCUT2D eigenvalue weighted by molar-refractivity contribution is 0.0914. The number of hydrogen-bond donors (Lipinski definition) is 2. The molecule has 8 nitrogen and oxygen atoms in total. The number of piperidine rings is 1. The SMILES string of the molecule is NC1CCC(S(=O)(=O)N2CCC(NC(=O)c3cc(C4CC4)on3)CC2)CC1. The molecule has 2 heterocycles. The van der Waals surface area contributed by atoms with Crippen LogP contribution in [-0.4, -0.2) is 54.2 Å². The van der Waals surface area contributed by atoms with Crippen molar-refractivity contribution in [3.8, 4) is 0 Å². The van der Waals surface area contributed by atoms with E-state index in [1.54, 1.807) is 10.4 Å². The molecule has 0 unspecified atom stereocenters. The molecule has 27 heavy (non-hydrogen) atoms. The fourth-order valence-corrected chi connectivity index (χ4v) is 6.08. The topological polar surface area (TPSA) is 119 Å². The summed E-state index contributed by atoms with van der Waals surface area (Å²) in [6.45, 7) is 0.893. The zero-order valence-corrected chi connectivity index (χ0v) is 16.3. The number of nitrogens with two attached hydrogens (primary N) is 1. The second-order valence-corrected chi connectivity index (χ2v) is 10.3. The number of carbonyl (C=O) groups excluding carboxylic acids is 1. The van der Waals surface area contributed by atoms with Crippen LogP contribution in [0.2, 0.25) is 0 Å².